The summed E-state index contributed by atoms with van der Waals surface area (Å²) in [4.78, 5) is 54.2. The number of phenolic OH excluding ortho intramolecular Hbond substituents is 1. The highest BCUT2D eigenvalue weighted by Gasteiger charge is 2.54. The first-order valence-electron chi connectivity index (χ1n) is 13.7. The minimum absolute atomic E-state index is 0.118. The van der Waals surface area contributed by atoms with Crippen molar-refractivity contribution in [3.63, 3.8) is 0 Å². The number of benzene rings is 2. The summed E-state index contributed by atoms with van der Waals surface area (Å²) in [5.41, 5.74) is -0.814. The second-order valence-electron chi connectivity index (χ2n) is 10.3. The normalized spacial score (nSPS) is 21.7. The lowest BCUT2D eigenvalue weighted by Gasteiger charge is -2.37. The summed E-state index contributed by atoms with van der Waals surface area (Å²) in [6.07, 6.45) is 1.81. The molecule has 3 aliphatic rings. The molecule has 4 N–H and O–H groups in total. The summed E-state index contributed by atoms with van der Waals surface area (Å²) in [5, 5.41) is 17.6. The molecular weight excluding hydrogens is 565 g/mol. The summed E-state index contributed by atoms with van der Waals surface area (Å²) in [6.45, 7) is 3.01. The lowest BCUT2D eigenvalue weighted by molar-refractivity contribution is -0.133. The Hall–Kier alpha value is -4.85. The maximum Gasteiger partial charge on any atom is 0.322 e. The van der Waals surface area contributed by atoms with Crippen LogP contribution >= 0.6 is 0 Å². The quantitative estimate of drug-likeness (QED) is 0.254. The maximum atomic E-state index is 14.0. The fraction of sp³-hybridized carbons (Fsp3) is 0.379. The van der Waals surface area contributed by atoms with E-state index in [-0.39, 0.29) is 40.9 Å². The average molecular weight is 598 g/mol. The van der Waals surface area contributed by atoms with E-state index in [4.69, 9.17) is 14.2 Å². The van der Waals surface area contributed by atoms with E-state index in [0.717, 1.165) is 12.1 Å². The molecule has 228 valence electrons. The van der Waals surface area contributed by atoms with Crippen LogP contribution in [-0.4, -0.2) is 98.3 Å². The van der Waals surface area contributed by atoms with Gasteiger partial charge >= 0.3 is 6.03 Å². The van der Waals surface area contributed by atoms with Gasteiger partial charge in [0.1, 0.15) is 11.6 Å². The third-order valence-corrected chi connectivity index (χ3v) is 7.73. The second-order valence-corrected chi connectivity index (χ2v) is 10.3. The molecule has 0 saturated carbocycles. The number of urea groups is 1. The molecule has 0 aromatic heterocycles. The molecule has 13 nitrogen and oxygen atoms in total. The number of ether oxygens (including phenoxy) is 3. The van der Waals surface area contributed by atoms with Gasteiger partial charge in [-0.05, 0) is 42.0 Å². The number of imide groups is 1. The van der Waals surface area contributed by atoms with Crippen LogP contribution in [0.4, 0.5) is 9.18 Å². The molecule has 2 saturated heterocycles. The molecule has 14 heteroatoms. The Morgan fingerprint density at radius 2 is 1.84 bits per heavy atom. The number of carbonyl (C=O) groups is 4. The number of piperazine rings is 1. The van der Waals surface area contributed by atoms with E-state index in [2.05, 4.69) is 20.9 Å². The molecule has 2 fully saturated rings. The van der Waals surface area contributed by atoms with Crippen LogP contribution in [0.3, 0.4) is 0 Å². The molecule has 5 rings (SSSR count). The number of amides is 5. The molecule has 0 aliphatic carbocycles. The Morgan fingerprint density at radius 1 is 1.14 bits per heavy atom. The van der Waals surface area contributed by atoms with E-state index in [0.29, 0.717) is 44.8 Å². The number of hydrogen-bond donors (Lipinski definition) is 4. The highest BCUT2D eigenvalue weighted by molar-refractivity contribution is 6.08. The van der Waals surface area contributed by atoms with Gasteiger partial charge in [-0.15, -0.1) is 0 Å². The minimum Gasteiger partial charge on any atom is -0.502 e. The molecule has 3 heterocycles. The van der Waals surface area contributed by atoms with Crippen LogP contribution in [0.1, 0.15) is 17.5 Å². The summed E-state index contributed by atoms with van der Waals surface area (Å²) < 4.78 is 30.1. The summed E-state index contributed by atoms with van der Waals surface area (Å²) in [7, 11) is 2.85. The van der Waals surface area contributed by atoms with Gasteiger partial charge in [-0.1, -0.05) is 0 Å². The fourth-order valence-corrected chi connectivity index (χ4v) is 5.42. The molecule has 0 bridgehead atoms. The van der Waals surface area contributed by atoms with Gasteiger partial charge in [0.2, 0.25) is 11.7 Å². The molecular formula is C29H32FN5O8. The van der Waals surface area contributed by atoms with Crippen molar-refractivity contribution in [2.45, 2.75) is 18.1 Å². The lowest BCUT2D eigenvalue weighted by Crippen LogP contribution is -2.55. The zero-order valence-electron chi connectivity index (χ0n) is 23.6. The van der Waals surface area contributed by atoms with E-state index >= 15 is 0 Å². The van der Waals surface area contributed by atoms with Gasteiger partial charge < -0.3 is 34.9 Å². The maximum absolute atomic E-state index is 14.0. The largest absolute Gasteiger partial charge is 0.502 e. The van der Waals surface area contributed by atoms with Gasteiger partial charge in [0.25, 0.3) is 11.8 Å². The third kappa shape index (κ3) is 6.04. The van der Waals surface area contributed by atoms with Gasteiger partial charge in [0, 0.05) is 57.3 Å². The van der Waals surface area contributed by atoms with Crippen LogP contribution in [0.5, 0.6) is 23.0 Å². The fourth-order valence-electron chi connectivity index (χ4n) is 5.42. The SMILES string of the molecule is COc1cc(C=CC(=O)N2CCN(CCNC(=O)[C@@H]3C[C@]4(NC(=O)NC4=O)c4cc(F)ccc4O3)CC2)cc(OC)c1O. The van der Waals surface area contributed by atoms with Crippen LogP contribution in [0.25, 0.3) is 6.08 Å². The number of nitrogens with zero attached hydrogens (tertiary/aromatic N) is 2. The molecule has 43 heavy (non-hydrogen) atoms. The smallest absolute Gasteiger partial charge is 0.322 e. The molecule has 0 radical (unpaired) electrons. The Kier molecular flexibility index (Phi) is 8.39. The van der Waals surface area contributed by atoms with Gasteiger partial charge in [0.15, 0.2) is 23.1 Å². The van der Waals surface area contributed by atoms with Crippen LogP contribution in [0.2, 0.25) is 0 Å². The topological polar surface area (TPSA) is 159 Å². The zero-order chi connectivity index (χ0) is 30.7. The van der Waals surface area contributed by atoms with Crippen LogP contribution < -0.4 is 30.2 Å². The van der Waals surface area contributed by atoms with E-state index < -0.39 is 35.3 Å². The monoisotopic (exact) mass is 597 g/mol. The number of hydrogen-bond acceptors (Lipinski definition) is 9. The van der Waals surface area contributed by atoms with Crippen LogP contribution in [-0.2, 0) is 19.9 Å². The first-order valence-corrected chi connectivity index (χ1v) is 13.7. The van der Waals surface area contributed by atoms with E-state index in [1.807, 2.05) is 0 Å². The third-order valence-electron chi connectivity index (χ3n) is 7.73. The first kappa shape index (κ1) is 29.6. The van der Waals surface area contributed by atoms with E-state index in [1.54, 1.807) is 23.1 Å². The van der Waals surface area contributed by atoms with Crippen LogP contribution in [0.15, 0.2) is 36.4 Å². The molecule has 2 aromatic rings. The summed E-state index contributed by atoms with van der Waals surface area (Å²) in [5.74, 6) is -1.41. The van der Waals surface area contributed by atoms with E-state index in [1.165, 1.54) is 26.4 Å². The number of nitrogens with one attached hydrogen (secondary N) is 3. The van der Waals surface area contributed by atoms with Crippen molar-refractivity contribution in [2.24, 2.45) is 0 Å². The highest BCUT2D eigenvalue weighted by Crippen LogP contribution is 2.42. The van der Waals surface area contributed by atoms with Crippen molar-refractivity contribution >= 4 is 29.8 Å². The van der Waals surface area contributed by atoms with Crippen molar-refractivity contribution in [1.82, 2.24) is 25.8 Å². The zero-order valence-corrected chi connectivity index (χ0v) is 23.6. The van der Waals surface area contributed by atoms with E-state index in [9.17, 15) is 28.7 Å². The van der Waals surface area contributed by atoms with Crippen molar-refractivity contribution in [3.8, 4) is 23.0 Å². The Labute approximate surface area is 246 Å². The lowest BCUT2D eigenvalue weighted by atomic mass is 9.81. The number of carbonyl (C=O) groups excluding carboxylic acids is 4. The number of halogens is 1. The molecule has 2 atom stereocenters. The van der Waals surface area contributed by atoms with Gasteiger partial charge in [-0.2, -0.15) is 0 Å². The number of methoxy groups -OCH3 is 2. The number of rotatable bonds is 8. The highest BCUT2D eigenvalue weighted by atomic mass is 19.1. The molecule has 3 aliphatic heterocycles. The molecule has 0 unspecified atom stereocenters. The van der Waals surface area contributed by atoms with Crippen molar-refractivity contribution in [3.05, 3.63) is 53.4 Å². The van der Waals surface area contributed by atoms with Crippen molar-refractivity contribution < 1.29 is 42.9 Å². The Balaban J connectivity index is 1.11. The van der Waals surface area contributed by atoms with Crippen LogP contribution in [0, 0.1) is 5.82 Å². The molecule has 2 aromatic carbocycles. The molecule has 5 amide bonds. The second kappa shape index (κ2) is 12.2. The van der Waals surface area contributed by atoms with Gasteiger partial charge in [0.05, 0.1) is 14.2 Å². The van der Waals surface area contributed by atoms with Gasteiger partial charge in [-0.3, -0.25) is 24.6 Å². The predicted octanol–water partition coefficient (Wildman–Crippen LogP) is 0.708. The summed E-state index contributed by atoms with van der Waals surface area (Å²) >= 11 is 0. The number of fused-ring (bicyclic) bond motifs is 2. The summed E-state index contributed by atoms with van der Waals surface area (Å²) in [6, 6.07) is 6.08. The number of aromatic hydroxyl groups is 1. The Bertz CT molecular complexity index is 1450. The predicted molar refractivity (Wildman–Crippen MR) is 150 cm³/mol. The van der Waals surface area contributed by atoms with Gasteiger partial charge in [-0.25, -0.2) is 9.18 Å². The number of phenols is 1. The standard InChI is InChI=1S/C29H32FN5O8/c1-41-21-13-17(14-22(42-2)25(21)37)3-6-24(36)35-11-9-34(10-12-35)8-7-31-26(38)23-16-29(27(39)32-28(40)33-29)19-15-18(30)4-5-20(19)43-23/h3-6,13-15,23,37H,7-12,16H2,1-2H3,(H,31,38)(H2,32,33,39,40)/t23-,29-/m0/s1. The first-order chi connectivity index (χ1) is 20.6. The average Bonchev–Trinajstić information content (AvgIpc) is 3.28. The Morgan fingerprint density at radius 3 is 2.47 bits per heavy atom. The van der Waals surface area contributed by atoms with Crippen molar-refractivity contribution in [2.75, 3.05) is 53.5 Å². The minimum atomic E-state index is -1.60. The van der Waals surface area contributed by atoms with Crippen molar-refractivity contribution in [1.29, 1.82) is 0 Å². The molecule has 1 spiro atoms.